The number of rotatable bonds is 19. The molecule has 0 aromatic heterocycles. The molecule has 0 aliphatic heterocycles. The van der Waals surface area contributed by atoms with Gasteiger partial charge in [-0.3, -0.25) is 0 Å². The maximum atomic E-state index is 5.88. The van der Waals surface area contributed by atoms with Gasteiger partial charge in [0, 0.05) is 5.54 Å². The number of hydrogen-bond acceptors (Lipinski definition) is 2. The Labute approximate surface area is 175 Å². The van der Waals surface area contributed by atoms with Crippen molar-refractivity contribution in [2.75, 3.05) is 13.2 Å². The number of benzene rings is 1. The Hall–Kier alpha value is -1.02. The summed E-state index contributed by atoms with van der Waals surface area (Å²) in [6.45, 7) is 8.53. The van der Waals surface area contributed by atoms with E-state index in [-0.39, 0.29) is 5.54 Å². The second-order valence-corrected chi connectivity index (χ2v) is 9.01. The molecule has 1 aromatic carbocycles. The van der Waals surface area contributed by atoms with Crippen molar-refractivity contribution < 1.29 is 4.74 Å². The van der Waals surface area contributed by atoms with Crippen LogP contribution in [0, 0.1) is 0 Å². The molecule has 0 heterocycles. The zero-order valence-electron chi connectivity index (χ0n) is 19.1. The van der Waals surface area contributed by atoms with Crippen LogP contribution in [0.5, 0.6) is 5.75 Å². The molecule has 0 unspecified atom stereocenters. The van der Waals surface area contributed by atoms with E-state index in [0.717, 1.165) is 12.3 Å². The fourth-order valence-electron chi connectivity index (χ4n) is 3.58. The lowest BCUT2D eigenvalue weighted by Gasteiger charge is -2.26. The summed E-state index contributed by atoms with van der Waals surface area (Å²) in [6, 6.07) is 10.1. The van der Waals surface area contributed by atoms with Gasteiger partial charge in [0.1, 0.15) is 12.4 Å². The summed E-state index contributed by atoms with van der Waals surface area (Å²) in [7, 11) is 0. The first kappa shape index (κ1) is 25.0. The van der Waals surface area contributed by atoms with Crippen LogP contribution < -0.4 is 10.1 Å². The molecule has 0 fully saturated rings. The standard InChI is InChI=1S/C26H47NO/c1-4-5-6-7-8-9-10-11-12-13-14-15-16-20-23-27-26(2,3)24-28-25-21-18-17-19-22-25/h17-19,21-22,27H,4-16,20,23-24H2,1-3H3. The molecular formula is C26H47NO. The summed E-state index contributed by atoms with van der Waals surface area (Å²) in [4.78, 5) is 0. The largest absolute Gasteiger partial charge is 0.492 e. The summed E-state index contributed by atoms with van der Waals surface area (Å²) in [5, 5.41) is 3.65. The smallest absolute Gasteiger partial charge is 0.119 e. The van der Waals surface area contributed by atoms with E-state index < -0.39 is 0 Å². The Morgan fingerprint density at radius 2 is 1.14 bits per heavy atom. The van der Waals surface area contributed by atoms with Gasteiger partial charge in [-0.25, -0.2) is 0 Å². The SMILES string of the molecule is CCCCCCCCCCCCCCCCNC(C)(C)COc1ccccc1. The van der Waals surface area contributed by atoms with Crippen LogP contribution in [0.2, 0.25) is 0 Å². The van der Waals surface area contributed by atoms with Crippen molar-refractivity contribution in [2.45, 2.75) is 116 Å². The van der Waals surface area contributed by atoms with Crippen molar-refractivity contribution in [3.63, 3.8) is 0 Å². The molecular weight excluding hydrogens is 342 g/mol. The minimum absolute atomic E-state index is 0.0202. The summed E-state index contributed by atoms with van der Waals surface area (Å²) in [6.07, 6.45) is 19.8. The highest BCUT2D eigenvalue weighted by Gasteiger charge is 2.17. The number of nitrogens with one attached hydrogen (secondary N) is 1. The Bertz CT molecular complexity index is 443. The minimum atomic E-state index is 0.0202. The molecule has 0 saturated carbocycles. The van der Waals surface area contributed by atoms with Crippen molar-refractivity contribution in [1.82, 2.24) is 5.32 Å². The molecule has 2 nitrogen and oxygen atoms in total. The summed E-state index contributed by atoms with van der Waals surface area (Å²) >= 11 is 0. The third-order valence-electron chi connectivity index (χ3n) is 5.48. The van der Waals surface area contributed by atoms with Gasteiger partial charge in [0.2, 0.25) is 0 Å². The van der Waals surface area contributed by atoms with Crippen LogP contribution in [0.4, 0.5) is 0 Å². The molecule has 0 spiro atoms. The maximum Gasteiger partial charge on any atom is 0.119 e. The molecule has 0 aliphatic carbocycles. The van der Waals surface area contributed by atoms with Gasteiger partial charge in [0.05, 0.1) is 0 Å². The fraction of sp³-hybridized carbons (Fsp3) is 0.769. The molecule has 0 saturated heterocycles. The zero-order valence-corrected chi connectivity index (χ0v) is 19.1. The second-order valence-electron chi connectivity index (χ2n) is 9.01. The van der Waals surface area contributed by atoms with E-state index in [9.17, 15) is 0 Å². The topological polar surface area (TPSA) is 21.3 Å². The van der Waals surface area contributed by atoms with E-state index in [4.69, 9.17) is 4.74 Å². The van der Waals surface area contributed by atoms with Crippen LogP contribution in [0.3, 0.4) is 0 Å². The highest BCUT2D eigenvalue weighted by atomic mass is 16.5. The average Bonchev–Trinajstić information content (AvgIpc) is 2.70. The first-order chi connectivity index (χ1) is 13.6. The van der Waals surface area contributed by atoms with Crippen LogP contribution in [-0.2, 0) is 0 Å². The highest BCUT2D eigenvalue weighted by molar-refractivity contribution is 5.21. The van der Waals surface area contributed by atoms with E-state index in [0.29, 0.717) is 6.61 Å². The highest BCUT2D eigenvalue weighted by Crippen LogP contribution is 2.14. The summed E-state index contributed by atoms with van der Waals surface area (Å²) < 4.78 is 5.88. The Kier molecular flexibility index (Phi) is 15.1. The predicted octanol–water partition coefficient (Wildman–Crippen LogP) is 7.91. The lowest BCUT2D eigenvalue weighted by atomic mass is 10.0. The van der Waals surface area contributed by atoms with Gasteiger partial charge in [-0.05, 0) is 38.9 Å². The van der Waals surface area contributed by atoms with Crippen molar-refractivity contribution in [3.8, 4) is 5.75 Å². The normalized spacial score (nSPS) is 11.7. The molecule has 1 rings (SSSR count). The molecule has 0 atom stereocenters. The van der Waals surface area contributed by atoms with E-state index in [1.807, 2.05) is 30.3 Å². The third-order valence-corrected chi connectivity index (χ3v) is 5.48. The molecule has 0 amide bonds. The van der Waals surface area contributed by atoms with Gasteiger partial charge in [-0.15, -0.1) is 0 Å². The predicted molar refractivity (Wildman–Crippen MR) is 124 cm³/mol. The monoisotopic (exact) mass is 389 g/mol. The molecule has 2 heteroatoms. The quantitative estimate of drug-likeness (QED) is 0.243. The van der Waals surface area contributed by atoms with Gasteiger partial charge in [-0.1, -0.05) is 109 Å². The molecule has 162 valence electrons. The van der Waals surface area contributed by atoms with Gasteiger partial charge in [-0.2, -0.15) is 0 Å². The van der Waals surface area contributed by atoms with Gasteiger partial charge >= 0.3 is 0 Å². The van der Waals surface area contributed by atoms with Crippen LogP contribution in [-0.4, -0.2) is 18.7 Å². The lowest BCUT2D eigenvalue weighted by molar-refractivity contribution is 0.208. The third kappa shape index (κ3) is 15.0. The van der Waals surface area contributed by atoms with Crippen molar-refractivity contribution in [2.24, 2.45) is 0 Å². The Morgan fingerprint density at radius 3 is 1.64 bits per heavy atom. The first-order valence-electron chi connectivity index (χ1n) is 12.1. The number of ether oxygens (including phenoxy) is 1. The molecule has 1 N–H and O–H groups in total. The van der Waals surface area contributed by atoms with Crippen molar-refractivity contribution in [1.29, 1.82) is 0 Å². The van der Waals surface area contributed by atoms with Gasteiger partial charge in [0.25, 0.3) is 0 Å². The van der Waals surface area contributed by atoms with E-state index in [2.05, 4.69) is 26.1 Å². The van der Waals surface area contributed by atoms with Crippen LogP contribution in [0.1, 0.15) is 111 Å². The number of unbranched alkanes of at least 4 members (excludes halogenated alkanes) is 13. The Morgan fingerprint density at radius 1 is 0.679 bits per heavy atom. The van der Waals surface area contributed by atoms with Gasteiger partial charge in [0.15, 0.2) is 0 Å². The van der Waals surface area contributed by atoms with Crippen molar-refractivity contribution in [3.05, 3.63) is 30.3 Å². The zero-order chi connectivity index (χ0) is 20.3. The van der Waals surface area contributed by atoms with E-state index in [1.54, 1.807) is 0 Å². The van der Waals surface area contributed by atoms with Crippen molar-refractivity contribution >= 4 is 0 Å². The molecule has 0 aliphatic rings. The van der Waals surface area contributed by atoms with E-state index >= 15 is 0 Å². The second kappa shape index (κ2) is 16.9. The average molecular weight is 390 g/mol. The molecule has 1 aromatic rings. The lowest BCUT2D eigenvalue weighted by Crippen LogP contribution is -2.45. The maximum absolute atomic E-state index is 5.88. The summed E-state index contributed by atoms with van der Waals surface area (Å²) in [5.41, 5.74) is 0.0202. The van der Waals surface area contributed by atoms with Gasteiger partial charge < -0.3 is 10.1 Å². The molecule has 0 bridgehead atoms. The van der Waals surface area contributed by atoms with Crippen LogP contribution in [0.25, 0.3) is 0 Å². The molecule has 28 heavy (non-hydrogen) atoms. The molecule has 0 radical (unpaired) electrons. The van der Waals surface area contributed by atoms with Crippen LogP contribution in [0.15, 0.2) is 30.3 Å². The number of para-hydroxylation sites is 1. The minimum Gasteiger partial charge on any atom is -0.492 e. The Balaban J connectivity index is 1.84. The summed E-state index contributed by atoms with van der Waals surface area (Å²) in [5.74, 6) is 0.953. The fourth-order valence-corrected chi connectivity index (χ4v) is 3.58. The number of hydrogen-bond donors (Lipinski definition) is 1. The van der Waals surface area contributed by atoms with Crippen LogP contribution >= 0.6 is 0 Å². The van der Waals surface area contributed by atoms with E-state index in [1.165, 1.54) is 89.9 Å². The first-order valence-corrected chi connectivity index (χ1v) is 12.1.